The molecule has 1 atom stereocenters. The van der Waals surface area contributed by atoms with Gasteiger partial charge in [-0.3, -0.25) is 14.5 Å². The molecular weight excluding hydrogens is 423 g/mol. The number of hydrogen-bond donors (Lipinski definition) is 2. The third-order valence-electron chi connectivity index (χ3n) is 6.68. The molecule has 0 aliphatic carbocycles. The number of nitrogens with zero attached hydrogens (tertiary/aromatic N) is 4. The number of carbonyl (C=O) groups excluding carboxylic acids is 2. The Balaban J connectivity index is 1.21. The van der Waals surface area contributed by atoms with Crippen LogP contribution in [-0.4, -0.2) is 67.0 Å². The molecule has 2 amide bonds. The Morgan fingerprint density at radius 2 is 2.03 bits per heavy atom. The van der Waals surface area contributed by atoms with Crippen LogP contribution in [0.1, 0.15) is 35.7 Å². The van der Waals surface area contributed by atoms with Crippen molar-refractivity contribution in [1.82, 2.24) is 15.2 Å². The number of anilines is 3. The summed E-state index contributed by atoms with van der Waals surface area (Å²) in [6.45, 7) is 6.91. The first kappa shape index (κ1) is 21.6. The fraction of sp³-hybridized carbons (Fsp3) is 0.458. The quantitative estimate of drug-likeness (QED) is 0.724. The minimum absolute atomic E-state index is 0.0628. The Bertz CT molecular complexity index is 1070. The topological polar surface area (TPSA) is 80.8 Å². The lowest BCUT2D eigenvalue weighted by Crippen LogP contribution is -2.46. The zero-order valence-electron chi connectivity index (χ0n) is 18.8. The SMILES string of the molecule is CCNC(=O)c1ccc(N2CCN(Cc3cnc4c(c3)NC(=O)C3CCCN43)CC2)c(F)c1. The maximum Gasteiger partial charge on any atom is 0.251 e. The van der Waals surface area contributed by atoms with Crippen LogP contribution in [0.25, 0.3) is 0 Å². The molecule has 2 fully saturated rings. The summed E-state index contributed by atoms with van der Waals surface area (Å²) in [4.78, 5) is 35.4. The molecule has 0 spiro atoms. The highest BCUT2D eigenvalue weighted by molar-refractivity contribution is 6.03. The largest absolute Gasteiger partial charge is 0.367 e. The van der Waals surface area contributed by atoms with Crippen LogP contribution < -0.4 is 20.4 Å². The van der Waals surface area contributed by atoms with Crippen LogP contribution in [0.15, 0.2) is 30.5 Å². The van der Waals surface area contributed by atoms with Gasteiger partial charge in [0.25, 0.3) is 5.91 Å². The summed E-state index contributed by atoms with van der Waals surface area (Å²) in [5.74, 6) is 0.301. The van der Waals surface area contributed by atoms with Gasteiger partial charge in [0.15, 0.2) is 5.82 Å². The lowest BCUT2D eigenvalue weighted by atomic mass is 10.1. The van der Waals surface area contributed by atoms with Crippen molar-refractivity contribution in [2.75, 3.05) is 54.4 Å². The molecule has 1 aromatic heterocycles. The molecule has 33 heavy (non-hydrogen) atoms. The molecule has 8 nitrogen and oxygen atoms in total. The number of benzene rings is 1. The zero-order chi connectivity index (χ0) is 22.9. The lowest BCUT2D eigenvalue weighted by molar-refractivity contribution is -0.117. The van der Waals surface area contributed by atoms with Gasteiger partial charge in [-0.15, -0.1) is 0 Å². The summed E-state index contributed by atoms with van der Waals surface area (Å²) in [5.41, 5.74) is 2.71. The highest BCUT2D eigenvalue weighted by Gasteiger charge is 2.37. The molecule has 2 N–H and O–H groups in total. The monoisotopic (exact) mass is 452 g/mol. The van der Waals surface area contributed by atoms with Gasteiger partial charge >= 0.3 is 0 Å². The van der Waals surface area contributed by atoms with E-state index in [2.05, 4.69) is 25.4 Å². The van der Waals surface area contributed by atoms with E-state index in [0.29, 0.717) is 30.9 Å². The molecule has 1 unspecified atom stereocenters. The second-order valence-corrected chi connectivity index (χ2v) is 8.84. The predicted molar refractivity (Wildman–Crippen MR) is 125 cm³/mol. The fourth-order valence-electron chi connectivity index (χ4n) is 4.99. The molecule has 0 radical (unpaired) electrons. The fourth-order valence-corrected chi connectivity index (χ4v) is 4.99. The van der Waals surface area contributed by atoms with Gasteiger partial charge in [-0.25, -0.2) is 9.37 Å². The van der Waals surface area contributed by atoms with Crippen molar-refractivity contribution in [3.63, 3.8) is 0 Å². The third kappa shape index (κ3) is 4.25. The van der Waals surface area contributed by atoms with Crippen molar-refractivity contribution in [3.05, 3.63) is 47.4 Å². The van der Waals surface area contributed by atoms with Gasteiger partial charge in [0.05, 0.1) is 11.4 Å². The standard InChI is InChI=1S/C24H29FN6O2/c1-2-26-23(32)17-5-6-20(18(25)13-17)30-10-8-29(9-11-30)15-16-12-19-22(27-14-16)31-7-3-4-21(31)24(33)28-19/h5-6,12-14,21H,2-4,7-11,15H2,1H3,(H,26,32)(H,28,33). The van der Waals surface area contributed by atoms with Gasteiger partial charge in [0.1, 0.15) is 11.9 Å². The summed E-state index contributed by atoms with van der Waals surface area (Å²) in [7, 11) is 0. The summed E-state index contributed by atoms with van der Waals surface area (Å²) in [6, 6.07) is 6.62. The Kier molecular flexibility index (Phi) is 5.88. The minimum Gasteiger partial charge on any atom is -0.367 e. The zero-order valence-corrected chi connectivity index (χ0v) is 18.8. The van der Waals surface area contributed by atoms with Gasteiger partial charge in [0.2, 0.25) is 5.91 Å². The van der Waals surface area contributed by atoms with Crippen molar-refractivity contribution in [1.29, 1.82) is 0 Å². The van der Waals surface area contributed by atoms with E-state index < -0.39 is 0 Å². The van der Waals surface area contributed by atoms with E-state index >= 15 is 0 Å². The van der Waals surface area contributed by atoms with Crippen LogP contribution in [0.4, 0.5) is 21.6 Å². The Morgan fingerprint density at radius 3 is 2.79 bits per heavy atom. The van der Waals surface area contributed by atoms with E-state index in [1.165, 1.54) is 6.07 Å². The molecular formula is C24H29FN6O2. The molecule has 3 aliphatic rings. The van der Waals surface area contributed by atoms with E-state index in [0.717, 1.165) is 56.1 Å². The molecule has 3 aliphatic heterocycles. The first-order chi connectivity index (χ1) is 16.0. The number of rotatable bonds is 5. The van der Waals surface area contributed by atoms with Crippen molar-refractivity contribution in [3.8, 4) is 0 Å². The maximum absolute atomic E-state index is 14.7. The van der Waals surface area contributed by atoms with E-state index in [1.54, 1.807) is 12.1 Å². The first-order valence-electron chi connectivity index (χ1n) is 11.6. The maximum atomic E-state index is 14.7. The smallest absolute Gasteiger partial charge is 0.251 e. The number of carbonyl (C=O) groups is 2. The second kappa shape index (κ2) is 8.97. The van der Waals surface area contributed by atoms with Gasteiger partial charge in [-0.05, 0) is 49.6 Å². The predicted octanol–water partition coefficient (Wildman–Crippen LogP) is 2.21. The lowest BCUT2D eigenvalue weighted by Gasteiger charge is -2.36. The first-order valence-corrected chi connectivity index (χ1v) is 11.6. The number of hydrogen-bond acceptors (Lipinski definition) is 6. The second-order valence-electron chi connectivity index (χ2n) is 8.84. The highest BCUT2D eigenvalue weighted by atomic mass is 19.1. The number of halogens is 1. The Hall–Kier alpha value is -3.20. The molecule has 174 valence electrons. The van der Waals surface area contributed by atoms with Crippen LogP contribution in [-0.2, 0) is 11.3 Å². The van der Waals surface area contributed by atoms with E-state index in [9.17, 15) is 14.0 Å². The van der Waals surface area contributed by atoms with Gasteiger partial charge < -0.3 is 20.4 Å². The average molecular weight is 453 g/mol. The summed E-state index contributed by atoms with van der Waals surface area (Å²) in [5, 5.41) is 5.72. The molecule has 4 heterocycles. The van der Waals surface area contributed by atoms with E-state index in [-0.39, 0.29) is 23.7 Å². The van der Waals surface area contributed by atoms with Crippen molar-refractivity contribution in [2.24, 2.45) is 0 Å². The summed E-state index contributed by atoms with van der Waals surface area (Å²) >= 11 is 0. The van der Waals surface area contributed by atoms with Crippen molar-refractivity contribution >= 4 is 29.0 Å². The summed E-state index contributed by atoms with van der Waals surface area (Å²) < 4.78 is 14.7. The molecule has 1 aromatic carbocycles. The van der Waals surface area contributed by atoms with Crippen LogP contribution in [0.3, 0.4) is 0 Å². The van der Waals surface area contributed by atoms with Crippen LogP contribution in [0.5, 0.6) is 0 Å². The normalized spacial score (nSPS) is 20.3. The highest BCUT2D eigenvalue weighted by Crippen LogP contribution is 2.35. The van der Waals surface area contributed by atoms with Crippen LogP contribution >= 0.6 is 0 Å². The third-order valence-corrected chi connectivity index (χ3v) is 6.68. The van der Waals surface area contributed by atoms with E-state index in [4.69, 9.17) is 0 Å². The number of nitrogens with one attached hydrogen (secondary N) is 2. The molecule has 9 heteroatoms. The average Bonchev–Trinajstić information content (AvgIpc) is 3.31. The number of amides is 2. The minimum atomic E-state index is -0.373. The molecule has 2 saturated heterocycles. The number of pyridine rings is 1. The molecule has 0 saturated carbocycles. The molecule has 5 rings (SSSR count). The Labute approximate surface area is 192 Å². The van der Waals surface area contributed by atoms with Crippen LogP contribution in [0.2, 0.25) is 0 Å². The molecule has 0 bridgehead atoms. The number of fused-ring (bicyclic) bond motifs is 3. The number of piperazine rings is 1. The number of aromatic nitrogens is 1. The van der Waals surface area contributed by atoms with Crippen molar-refractivity contribution in [2.45, 2.75) is 32.4 Å². The van der Waals surface area contributed by atoms with Crippen molar-refractivity contribution < 1.29 is 14.0 Å². The van der Waals surface area contributed by atoms with Crippen LogP contribution in [0, 0.1) is 5.82 Å². The molecule has 2 aromatic rings. The summed E-state index contributed by atoms with van der Waals surface area (Å²) in [6.07, 6.45) is 3.80. The van der Waals surface area contributed by atoms with E-state index in [1.807, 2.05) is 24.1 Å². The van der Waals surface area contributed by atoms with Gasteiger partial charge in [-0.1, -0.05) is 0 Å². The van der Waals surface area contributed by atoms with Gasteiger partial charge in [-0.2, -0.15) is 0 Å². The van der Waals surface area contributed by atoms with Gasteiger partial charge in [0, 0.05) is 57.6 Å². The Morgan fingerprint density at radius 1 is 1.21 bits per heavy atom.